The Labute approximate surface area is 183 Å². The number of anilines is 1. The molecule has 0 aliphatic carbocycles. The van der Waals surface area contributed by atoms with Crippen LogP contribution in [0, 0.1) is 6.92 Å². The molecular formula is C25H26ClN3O. The molecule has 0 bridgehead atoms. The first kappa shape index (κ1) is 20.5. The number of piperazine rings is 1. The summed E-state index contributed by atoms with van der Waals surface area (Å²) in [5, 5.41) is 3.63. The van der Waals surface area contributed by atoms with Gasteiger partial charge in [-0.2, -0.15) is 0 Å². The van der Waals surface area contributed by atoms with E-state index in [1.165, 1.54) is 11.1 Å². The monoisotopic (exact) mass is 419 g/mol. The van der Waals surface area contributed by atoms with Crippen molar-refractivity contribution in [2.45, 2.75) is 13.0 Å². The van der Waals surface area contributed by atoms with E-state index in [4.69, 9.17) is 11.6 Å². The minimum Gasteiger partial charge on any atom is -0.322 e. The summed E-state index contributed by atoms with van der Waals surface area (Å²) in [6, 6.07) is 26.9. The highest BCUT2D eigenvalue weighted by Crippen LogP contribution is 2.29. The number of aryl methyl sites for hydroxylation is 1. The van der Waals surface area contributed by atoms with Crippen LogP contribution in [-0.4, -0.2) is 42.0 Å². The molecule has 0 unspecified atom stereocenters. The number of nitrogens with one attached hydrogen (secondary N) is 1. The fraction of sp³-hybridized carbons (Fsp3) is 0.240. The molecule has 0 aromatic heterocycles. The molecule has 1 heterocycles. The molecule has 1 fully saturated rings. The van der Waals surface area contributed by atoms with Crippen molar-refractivity contribution in [2.24, 2.45) is 0 Å². The number of hydrogen-bond donors (Lipinski definition) is 1. The lowest BCUT2D eigenvalue weighted by molar-refractivity contribution is 0.126. The maximum Gasteiger partial charge on any atom is 0.321 e. The Bertz CT molecular complexity index is 946. The van der Waals surface area contributed by atoms with Gasteiger partial charge in [0.2, 0.25) is 0 Å². The van der Waals surface area contributed by atoms with Crippen LogP contribution in [0.2, 0.25) is 5.02 Å². The smallest absolute Gasteiger partial charge is 0.321 e. The maximum absolute atomic E-state index is 12.7. The molecule has 3 aromatic carbocycles. The molecule has 30 heavy (non-hydrogen) atoms. The van der Waals surface area contributed by atoms with Gasteiger partial charge in [-0.3, -0.25) is 4.90 Å². The number of urea groups is 1. The molecule has 2 amide bonds. The van der Waals surface area contributed by atoms with Crippen LogP contribution in [0.5, 0.6) is 0 Å². The Morgan fingerprint density at radius 1 is 0.867 bits per heavy atom. The zero-order valence-corrected chi connectivity index (χ0v) is 17.8. The van der Waals surface area contributed by atoms with Crippen LogP contribution in [0.25, 0.3) is 0 Å². The van der Waals surface area contributed by atoms with Crippen molar-refractivity contribution in [2.75, 3.05) is 31.5 Å². The molecule has 1 aliphatic rings. The first-order valence-corrected chi connectivity index (χ1v) is 10.7. The summed E-state index contributed by atoms with van der Waals surface area (Å²) in [6.45, 7) is 4.94. The summed E-state index contributed by atoms with van der Waals surface area (Å²) in [5.74, 6) is 0. The lowest BCUT2D eigenvalue weighted by atomic mass is 9.96. The fourth-order valence-electron chi connectivity index (χ4n) is 3.94. The number of carbonyl (C=O) groups excluding carboxylic acids is 1. The molecular weight excluding hydrogens is 394 g/mol. The summed E-state index contributed by atoms with van der Waals surface area (Å²) in [5.41, 5.74) is 4.27. The normalized spacial score (nSPS) is 14.7. The summed E-state index contributed by atoms with van der Waals surface area (Å²) in [7, 11) is 0. The van der Waals surface area contributed by atoms with E-state index in [2.05, 4.69) is 58.7 Å². The van der Waals surface area contributed by atoms with Gasteiger partial charge in [0.15, 0.2) is 0 Å². The molecule has 0 spiro atoms. The average Bonchev–Trinajstić information content (AvgIpc) is 2.78. The Balaban J connectivity index is 1.44. The van der Waals surface area contributed by atoms with E-state index in [-0.39, 0.29) is 12.1 Å². The van der Waals surface area contributed by atoms with Crippen molar-refractivity contribution in [3.8, 4) is 0 Å². The van der Waals surface area contributed by atoms with Crippen LogP contribution in [0.1, 0.15) is 22.7 Å². The molecule has 4 nitrogen and oxygen atoms in total. The van der Waals surface area contributed by atoms with Crippen molar-refractivity contribution in [3.05, 3.63) is 101 Å². The van der Waals surface area contributed by atoms with Crippen molar-refractivity contribution in [3.63, 3.8) is 0 Å². The van der Waals surface area contributed by atoms with Gasteiger partial charge >= 0.3 is 6.03 Å². The number of carbonyl (C=O) groups is 1. The molecule has 5 heteroatoms. The highest BCUT2D eigenvalue weighted by molar-refractivity contribution is 6.31. The van der Waals surface area contributed by atoms with Gasteiger partial charge in [0.1, 0.15) is 0 Å². The Morgan fingerprint density at radius 2 is 1.43 bits per heavy atom. The highest BCUT2D eigenvalue weighted by Gasteiger charge is 2.28. The standard InChI is InChI=1S/C25H26ClN3O/c1-19-12-13-22(18-23(19)26)27-25(30)29-16-14-28(15-17-29)24(20-8-4-2-5-9-20)21-10-6-3-7-11-21/h2-13,18,24H,14-17H2,1H3,(H,27,30). The fourth-order valence-corrected chi connectivity index (χ4v) is 4.12. The summed E-state index contributed by atoms with van der Waals surface area (Å²) < 4.78 is 0. The Kier molecular flexibility index (Phi) is 6.36. The summed E-state index contributed by atoms with van der Waals surface area (Å²) in [4.78, 5) is 17.1. The van der Waals surface area contributed by atoms with Crippen LogP contribution in [0.3, 0.4) is 0 Å². The SMILES string of the molecule is Cc1ccc(NC(=O)N2CCN(C(c3ccccc3)c3ccccc3)CC2)cc1Cl. The Morgan fingerprint density at radius 3 is 1.97 bits per heavy atom. The lowest BCUT2D eigenvalue weighted by Crippen LogP contribution is -2.51. The number of rotatable bonds is 4. The van der Waals surface area contributed by atoms with E-state index in [0.717, 1.165) is 24.3 Å². The first-order valence-electron chi connectivity index (χ1n) is 10.3. The van der Waals surface area contributed by atoms with Crippen LogP contribution < -0.4 is 5.32 Å². The van der Waals surface area contributed by atoms with E-state index in [1.807, 2.05) is 36.1 Å². The lowest BCUT2D eigenvalue weighted by Gasteiger charge is -2.39. The van der Waals surface area contributed by atoms with E-state index in [1.54, 1.807) is 6.07 Å². The Hall–Kier alpha value is -2.82. The summed E-state index contributed by atoms with van der Waals surface area (Å²) in [6.07, 6.45) is 0. The molecule has 1 saturated heterocycles. The number of amides is 2. The predicted octanol–water partition coefficient (Wildman–Crippen LogP) is 5.59. The van der Waals surface area contributed by atoms with Gasteiger partial charge in [0, 0.05) is 36.9 Å². The number of benzene rings is 3. The van der Waals surface area contributed by atoms with Crippen LogP contribution >= 0.6 is 11.6 Å². The van der Waals surface area contributed by atoms with E-state index < -0.39 is 0 Å². The second kappa shape index (κ2) is 9.33. The van der Waals surface area contributed by atoms with E-state index in [9.17, 15) is 4.79 Å². The van der Waals surface area contributed by atoms with Crippen molar-refractivity contribution in [1.29, 1.82) is 0 Å². The number of hydrogen-bond acceptors (Lipinski definition) is 2. The predicted molar refractivity (Wildman–Crippen MR) is 123 cm³/mol. The molecule has 1 aliphatic heterocycles. The zero-order valence-electron chi connectivity index (χ0n) is 17.1. The largest absolute Gasteiger partial charge is 0.322 e. The van der Waals surface area contributed by atoms with Crippen LogP contribution in [-0.2, 0) is 0 Å². The minimum atomic E-state index is -0.0782. The van der Waals surface area contributed by atoms with Gasteiger partial charge in [-0.25, -0.2) is 4.79 Å². The van der Waals surface area contributed by atoms with Crippen LogP contribution in [0.4, 0.5) is 10.5 Å². The van der Waals surface area contributed by atoms with Crippen molar-refractivity contribution < 1.29 is 4.79 Å². The topological polar surface area (TPSA) is 35.6 Å². The minimum absolute atomic E-state index is 0.0782. The van der Waals surface area contributed by atoms with Gasteiger partial charge < -0.3 is 10.2 Å². The molecule has 0 atom stereocenters. The summed E-state index contributed by atoms with van der Waals surface area (Å²) >= 11 is 6.18. The van der Waals surface area contributed by atoms with Gasteiger partial charge in [-0.05, 0) is 35.7 Å². The molecule has 0 radical (unpaired) electrons. The molecule has 4 rings (SSSR count). The molecule has 3 aromatic rings. The average molecular weight is 420 g/mol. The van der Waals surface area contributed by atoms with E-state index in [0.29, 0.717) is 18.1 Å². The van der Waals surface area contributed by atoms with Crippen molar-refractivity contribution >= 4 is 23.3 Å². The third-order valence-electron chi connectivity index (χ3n) is 5.62. The third kappa shape index (κ3) is 4.66. The zero-order chi connectivity index (χ0) is 20.9. The van der Waals surface area contributed by atoms with Crippen molar-refractivity contribution in [1.82, 2.24) is 9.80 Å². The number of halogens is 1. The van der Waals surface area contributed by atoms with Gasteiger partial charge in [0.05, 0.1) is 6.04 Å². The number of nitrogens with zero attached hydrogens (tertiary/aromatic N) is 2. The van der Waals surface area contributed by atoms with Gasteiger partial charge in [-0.1, -0.05) is 78.3 Å². The second-order valence-electron chi connectivity index (χ2n) is 7.64. The van der Waals surface area contributed by atoms with E-state index >= 15 is 0 Å². The van der Waals surface area contributed by atoms with Gasteiger partial charge in [-0.15, -0.1) is 0 Å². The molecule has 1 N–H and O–H groups in total. The van der Waals surface area contributed by atoms with Gasteiger partial charge in [0.25, 0.3) is 0 Å². The maximum atomic E-state index is 12.7. The quantitative estimate of drug-likeness (QED) is 0.598. The third-order valence-corrected chi connectivity index (χ3v) is 6.03. The first-order chi connectivity index (χ1) is 14.6. The van der Waals surface area contributed by atoms with Crippen LogP contribution in [0.15, 0.2) is 78.9 Å². The second-order valence-corrected chi connectivity index (χ2v) is 8.05. The highest BCUT2D eigenvalue weighted by atomic mass is 35.5. The molecule has 154 valence electrons. The molecule has 0 saturated carbocycles.